The molecule has 0 aliphatic carbocycles. The molecule has 0 heterocycles. The van der Waals surface area contributed by atoms with Gasteiger partial charge in [0.2, 0.25) is 8.03 Å². The molecule has 0 aliphatic heterocycles. The van der Waals surface area contributed by atoms with Crippen LogP contribution in [0.15, 0.2) is 30.3 Å². The van der Waals surface area contributed by atoms with Crippen LogP contribution < -0.4 is 0 Å². The molecule has 0 spiro atoms. The Morgan fingerprint density at radius 3 is 2.43 bits per heavy atom. The first-order valence-electron chi connectivity index (χ1n) is 6.63. The zero-order valence-corrected chi connectivity index (χ0v) is 12.5. The van der Waals surface area contributed by atoms with Gasteiger partial charge in [0.1, 0.15) is 6.16 Å². The van der Waals surface area contributed by atoms with Crippen LogP contribution in [0.1, 0.15) is 18.4 Å². The summed E-state index contributed by atoms with van der Waals surface area (Å²) in [4.78, 5) is 21.5. The van der Waals surface area contributed by atoms with Gasteiger partial charge in [-0.15, -0.1) is 0 Å². The third-order valence-electron chi connectivity index (χ3n) is 2.93. The van der Waals surface area contributed by atoms with Crippen LogP contribution in [-0.2, 0) is 25.1 Å². The van der Waals surface area contributed by atoms with Crippen molar-refractivity contribution >= 4 is 20.0 Å². The Morgan fingerprint density at radius 2 is 1.86 bits per heavy atom. The molecule has 0 radical (unpaired) electrons. The summed E-state index contributed by atoms with van der Waals surface area (Å²) in [5, 5.41) is 17.6. The van der Waals surface area contributed by atoms with E-state index in [0.29, 0.717) is 19.3 Å². The van der Waals surface area contributed by atoms with Crippen molar-refractivity contribution < 1.29 is 28.9 Å². The lowest BCUT2D eigenvalue weighted by Gasteiger charge is -2.12. The average Bonchev–Trinajstić information content (AvgIpc) is 2.42. The van der Waals surface area contributed by atoms with Crippen molar-refractivity contribution in [2.75, 3.05) is 12.8 Å². The second-order valence-corrected chi connectivity index (χ2v) is 6.04. The van der Waals surface area contributed by atoms with Gasteiger partial charge in [0.05, 0.1) is 12.5 Å². The summed E-state index contributed by atoms with van der Waals surface area (Å²) in [6, 6.07) is 9.33. The van der Waals surface area contributed by atoms with Gasteiger partial charge in [-0.3, -0.25) is 14.2 Å². The van der Waals surface area contributed by atoms with E-state index < -0.39 is 32.0 Å². The van der Waals surface area contributed by atoms with Crippen molar-refractivity contribution in [3.05, 3.63) is 35.9 Å². The van der Waals surface area contributed by atoms with Gasteiger partial charge in [0.25, 0.3) is 0 Å². The Kier molecular flexibility index (Phi) is 7.72. The highest BCUT2D eigenvalue weighted by Crippen LogP contribution is 2.23. The minimum absolute atomic E-state index is 0.115. The topological polar surface area (TPSA) is 101 Å². The predicted molar refractivity (Wildman–Crippen MR) is 78.0 cm³/mol. The predicted octanol–water partition coefficient (Wildman–Crippen LogP) is 2.29. The minimum atomic E-state index is -2.56. The van der Waals surface area contributed by atoms with Gasteiger partial charge >= 0.3 is 11.9 Å². The zero-order chi connectivity index (χ0) is 15.7. The number of hydrogen-bond acceptors (Lipinski definition) is 4. The molecule has 1 rings (SSSR count). The third kappa shape index (κ3) is 7.63. The van der Waals surface area contributed by atoms with Crippen LogP contribution in [0.25, 0.3) is 0 Å². The minimum Gasteiger partial charge on any atom is -0.481 e. The highest BCUT2D eigenvalue weighted by atomic mass is 31.1. The molecule has 0 saturated heterocycles. The molecule has 2 atom stereocenters. The van der Waals surface area contributed by atoms with Gasteiger partial charge in [0.15, 0.2) is 0 Å². The molecule has 0 amide bonds. The highest BCUT2D eigenvalue weighted by Gasteiger charge is 2.17. The molecule has 6 nitrogen and oxygen atoms in total. The van der Waals surface area contributed by atoms with E-state index in [-0.39, 0.29) is 6.61 Å². The summed E-state index contributed by atoms with van der Waals surface area (Å²) in [6.07, 6.45) is 0.768. The monoisotopic (exact) mass is 314 g/mol. The molecule has 0 fully saturated rings. The Balaban J connectivity index is 2.34. The first-order valence-corrected chi connectivity index (χ1v) is 8.15. The quantitative estimate of drug-likeness (QED) is 0.507. The van der Waals surface area contributed by atoms with E-state index in [9.17, 15) is 19.3 Å². The maximum Gasteiger partial charge on any atom is 0.312 e. The van der Waals surface area contributed by atoms with Crippen LogP contribution in [0.5, 0.6) is 0 Å². The fourth-order valence-corrected chi connectivity index (χ4v) is 2.62. The summed E-state index contributed by atoms with van der Waals surface area (Å²) in [7, 11) is -2.56. The molecule has 0 saturated carbocycles. The highest BCUT2D eigenvalue weighted by molar-refractivity contribution is 7.40. The van der Waals surface area contributed by atoms with Crippen molar-refractivity contribution in [3.8, 4) is 0 Å². The Bertz CT molecular complexity index is 487. The molecular formula is C14H19O6P. The standard InChI is InChI=1S/C14H19O6P/c15-13(16)10-21(19)20-8-4-7-12(14(17)18)9-11-5-2-1-3-6-11/h1-3,5-6,12,21H,4,7-10H2,(H,15,16)(H,17,18). The number of carboxylic acids is 2. The molecule has 1 aromatic carbocycles. The van der Waals surface area contributed by atoms with Crippen LogP contribution in [0.4, 0.5) is 0 Å². The number of carbonyl (C=O) groups is 2. The maximum atomic E-state index is 11.2. The van der Waals surface area contributed by atoms with E-state index >= 15 is 0 Å². The molecule has 2 N–H and O–H groups in total. The van der Waals surface area contributed by atoms with Crippen molar-refractivity contribution in [1.29, 1.82) is 0 Å². The van der Waals surface area contributed by atoms with Crippen LogP contribution in [-0.4, -0.2) is 34.9 Å². The smallest absolute Gasteiger partial charge is 0.312 e. The first kappa shape index (κ1) is 17.4. The summed E-state index contributed by atoms with van der Waals surface area (Å²) >= 11 is 0. The number of benzene rings is 1. The average molecular weight is 314 g/mol. The van der Waals surface area contributed by atoms with Crippen molar-refractivity contribution in [3.63, 3.8) is 0 Å². The van der Waals surface area contributed by atoms with Crippen LogP contribution in [0.2, 0.25) is 0 Å². The number of rotatable bonds is 10. The zero-order valence-electron chi connectivity index (χ0n) is 11.5. The lowest BCUT2D eigenvalue weighted by Crippen LogP contribution is -2.17. The summed E-state index contributed by atoms with van der Waals surface area (Å²) in [5.74, 6) is -2.57. The van der Waals surface area contributed by atoms with Crippen LogP contribution >= 0.6 is 8.03 Å². The molecule has 1 aromatic rings. The van der Waals surface area contributed by atoms with E-state index in [4.69, 9.17) is 9.63 Å². The van der Waals surface area contributed by atoms with Gasteiger partial charge in [-0.1, -0.05) is 30.3 Å². The Hall–Kier alpha value is -1.65. The van der Waals surface area contributed by atoms with E-state index in [1.165, 1.54) is 0 Å². The fourth-order valence-electron chi connectivity index (χ4n) is 1.90. The third-order valence-corrected chi connectivity index (χ3v) is 4.05. The second kappa shape index (κ2) is 9.32. The van der Waals surface area contributed by atoms with Crippen molar-refractivity contribution in [1.82, 2.24) is 0 Å². The SMILES string of the molecule is O=C(O)C[PH](=O)OCCCC(Cc1ccccc1)C(=O)O. The molecule has 2 unspecified atom stereocenters. The molecule has 0 bridgehead atoms. The maximum absolute atomic E-state index is 11.2. The summed E-state index contributed by atoms with van der Waals surface area (Å²) in [5.41, 5.74) is 0.949. The van der Waals surface area contributed by atoms with Crippen molar-refractivity contribution in [2.45, 2.75) is 19.3 Å². The summed E-state index contributed by atoms with van der Waals surface area (Å²) < 4.78 is 16.1. The van der Waals surface area contributed by atoms with Gasteiger partial charge in [-0.05, 0) is 24.8 Å². The lowest BCUT2D eigenvalue weighted by molar-refractivity contribution is -0.142. The van der Waals surface area contributed by atoms with Gasteiger partial charge in [-0.25, -0.2) is 0 Å². The normalized spacial score (nSPS) is 13.5. The van der Waals surface area contributed by atoms with Gasteiger partial charge in [-0.2, -0.15) is 0 Å². The van der Waals surface area contributed by atoms with Gasteiger partial charge < -0.3 is 14.7 Å². The van der Waals surface area contributed by atoms with E-state index in [2.05, 4.69) is 0 Å². The molecule has 116 valence electrons. The first-order chi connectivity index (χ1) is 9.99. The number of carboxylic acid groups (broad SMARTS) is 2. The molecule has 21 heavy (non-hydrogen) atoms. The number of hydrogen-bond donors (Lipinski definition) is 2. The van der Waals surface area contributed by atoms with Crippen molar-refractivity contribution in [2.24, 2.45) is 5.92 Å². The van der Waals surface area contributed by atoms with E-state index in [1.807, 2.05) is 30.3 Å². The van der Waals surface area contributed by atoms with E-state index in [1.54, 1.807) is 0 Å². The van der Waals surface area contributed by atoms with Crippen LogP contribution in [0.3, 0.4) is 0 Å². The Labute approximate surface area is 123 Å². The van der Waals surface area contributed by atoms with Gasteiger partial charge in [0, 0.05) is 0 Å². The Morgan fingerprint density at radius 1 is 1.19 bits per heavy atom. The molecule has 0 aromatic heterocycles. The second-order valence-electron chi connectivity index (χ2n) is 4.66. The lowest BCUT2D eigenvalue weighted by atomic mass is 9.95. The fraction of sp³-hybridized carbons (Fsp3) is 0.429. The number of aliphatic carboxylic acids is 2. The molecular weight excluding hydrogens is 295 g/mol. The van der Waals surface area contributed by atoms with E-state index in [0.717, 1.165) is 5.56 Å². The summed E-state index contributed by atoms with van der Waals surface area (Å²) in [6.45, 7) is 0.115. The largest absolute Gasteiger partial charge is 0.481 e. The molecule has 0 aliphatic rings. The molecule has 7 heteroatoms. The van der Waals surface area contributed by atoms with Crippen LogP contribution in [0, 0.1) is 5.92 Å².